The number of benzene rings is 1. The van der Waals surface area contributed by atoms with Crippen LogP contribution in [0.5, 0.6) is 0 Å². The van der Waals surface area contributed by atoms with Crippen molar-refractivity contribution in [1.82, 2.24) is 0 Å². The van der Waals surface area contributed by atoms with Crippen LogP contribution in [0.4, 0.5) is 5.69 Å². The average molecular weight is 298 g/mol. The van der Waals surface area contributed by atoms with Gasteiger partial charge in [0.2, 0.25) is 0 Å². The molecule has 2 aliphatic rings. The van der Waals surface area contributed by atoms with Crippen molar-refractivity contribution in [2.75, 3.05) is 0 Å². The molecule has 0 saturated heterocycles. The number of nitrogens with zero attached hydrogens (tertiary/aromatic N) is 2. The summed E-state index contributed by atoms with van der Waals surface area (Å²) in [6, 6.07) is 4.97. The van der Waals surface area contributed by atoms with Gasteiger partial charge in [-0.1, -0.05) is 24.3 Å². The second kappa shape index (κ2) is 5.18. The summed E-state index contributed by atoms with van der Waals surface area (Å²) in [5.74, 6) is 0.197. The van der Waals surface area contributed by atoms with Crippen LogP contribution in [0.1, 0.15) is 26.7 Å². The molecule has 5 nitrogen and oxygen atoms in total. The van der Waals surface area contributed by atoms with Gasteiger partial charge in [0.1, 0.15) is 0 Å². The zero-order valence-corrected chi connectivity index (χ0v) is 12.6. The first-order chi connectivity index (χ1) is 10.3. The van der Waals surface area contributed by atoms with Gasteiger partial charge in [0.15, 0.2) is 0 Å². The summed E-state index contributed by atoms with van der Waals surface area (Å²) in [5.41, 5.74) is 1.03. The first kappa shape index (κ1) is 14.7. The molecule has 0 radical (unpaired) electrons. The predicted molar refractivity (Wildman–Crippen MR) is 83.5 cm³/mol. The standard InChI is InChI=1S/C17H18N2O3/c1-17(2,20)9-8-11-6-7-12-14(10-11)18-13-4-3-5-15(16(12)13)19(21)22/h3-7,10-11,20H,8-9H2,1-2H3. The second-order valence-corrected chi connectivity index (χ2v) is 6.38. The van der Waals surface area contributed by atoms with Crippen molar-refractivity contribution >= 4 is 11.3 Å². The molecule has 1 aliphatic heterocycles. The molecule has 0 aromatic heterocycles. The van der Waals surface area contributed by atoms with Crippen molar-refractivity contribution in [2.45, 2.75) is 32.3 Å². The molecule has 114 valence electrons. The summed E-state index contributed by atoms with van der Waals surface area (Å²) < 4.78 is 0. The first-order valence-electron chi connectivity index (χ1n) is 7.34. The van der Waals surface area contributed by atoms with E-state index >= 15 is 0 Å². The number of nitro groups is 1. The van der Waals surface area contributed by atoms with Crippen molar-refractivity contribution in [1.29, 1.82) is 0 Å². The van der Waals surface area contributed by atoms with E-state index in [-0.39, 0.29) is 16.5 Å². The van der Waals surface area contributed by atoms with Gasteiger partial charge in [-0.25, -0.2) is 4.99 Å². The van der Waals surface area contributed by atoms with Crippen LogP contribution in [0, 0.1) is 16.0 Å². The lowest BCUT2D eigenvalue weighted by atomic mass is 9.90. The number of non-ortho nitro benzene ring substituents is 1. The highest BCUT2D eigenvalue weighted by atomic mass is 16.6. The van der Waals surface area contributed by atoms with Crippen LogP contribution in [-0.2, 0) is 0 Å². The van der Waals surface area contributed by atoms with E-state index in [1.807, 2.05) is 18.2 Å². The molecule has 1 aliphatic carbocycles. The summed E-state index contributed by atoms with van der Waals surface area (Å²) in [4.78, 5) is 15.3. The number of fused-ring (bicyclic) bond motifs is 2. The number of nitro benzene ring substituents is 1. The fourth-order valence-corrected chi connectivity index (χ4v) is 2.84. The number of allylic oxidation sites excluding steroid dienone is 3. The highest BCUT2D eigenvalue weighted by molar-refractivity contribution is 5.77. The highest BCUT2D eigenvalue weighted by Gasteiger charge is 2.23. The molecule has 0 amide bonds. The van der Waals surface area contributed by atoms with Gasteiger partial charge in [-0.3, -0.25) is 10.1 Å². The van der Waals surface area contributed by atoms with Gasteiger partial charge in [-0.15, -0.1) is 0 Å². The summed E-state index contributed by atoms with van der Waals surface area (Å²) in [7, 11) is 0. The van der Waals surface area contributed by atoms with Crippen LogP contribution in [0.2, 0.25) is 0 Å². The van der Waals surface area contributed by atoms with Crippen LogP contribution < -0.4 is 10.6 Å². The van der Waals surface area contributed by atoms with Crippen molar-refractivity contribution in [2.24, 2.45) is 10.9 Å². The van der Waals surface area contributed by atoms with Crippen molar-refractivity contribution < 1.29 is 10.0 Å². The minimum absolute atomic E-state index is 0.0965. The van der Waals surface area contributed by atoms with E-state index in [9.17, 15) is 15.2 Å². The molecule has 0 saturated carbocycles. The van der Waals surface area contributed by atoms with Crippen molar-refractivity contribution in [3.63, 3.8) is 0 Å². The summed E-state index contributed by atoms with van der Waals surface area (Å²) in [5, 5.41) is 22.3. The van der Waals surface area contributed by atoms with Crippen molar-refractivity contribution in [3.8, 4) is 0 Å². The Hall–Kier alpha value is -2.27. The topological polar surface area (TPSA) is 75.7 Å². The Bertz CT molecular complexity index is 813. The molecule has 0 bridgehead atoms. The highest BCUT2D eigenvalue weighted by Crippen LogP contribution is 2.29. The maximum Gasteiger partial charge on any atom is 0.279 e. The lowest BCUT2D eigenvalue weighted by molar-refractivity contribution is -0.386. The molecule has 1 aromatic carbocycles. The van der Waals surface area contributed by atoms with Gasteiger partial charge in [-0.05, 0) is 38.7 Å². The lowest BCUT2D eigenvalue weighted by Crippen LogP contribution is -2.25. The third kappa shape index (κ3) is 2.72. The van der Waals surface area contributed by atoms with Gasteiger partial charge >= 0.3 is 0 Å². The zero-order valence-electron chi connectivity index (χ0n) is 12.6. The predicted octanol–water partition coefficient (Wildman–Crippen LogP) is 2.00. The Morgan fingerprint density at radius 3 is 2.86 bits per heavy atom. The molecule has 5 heteroatoms. The Morgan fingerprint density at radius 1 is 1.41 bits per heavy atom. The van der Waals surface area contributed by atoms with Crippen LogP contribution in [0.15, 0.2) is 47.1 Å². The molecule has 1 heterocycles. The number of hydrogen-bond acceptors (Lipinski definition) is 4. The second-order valence-electron chi connectivity index (χ2n) is 6.38. The SMILES string of the molecule is CC(C)(O)CCC1C=CC2=c3c([N+](=O)[O-])cccc3=NC2=C1. The Kier molecular flexibility index (Phi) is 3.45. The van der Waals surface area contributed by atoms with Crippen LogP contribution >= 0.6 is 0 Å². The summed E-state index contributed by atoms with van der Waals surface area (Å²) in [6.07, 6.45) is 7.50. The molecular formula is C17H18N2O3. The third-order valence-corrected chi connectivity index (χ3v) is 3.97. The molecule has 1 aromatic rings. The molecule has 0 spiro atoms. The van der Waals surface area contributed by atoms with Gasteiger partial charge in [0, 0.05) is 11.6 Å². The maximum atomic E-state index is 11.2. The van der Waals surface area contributed by atoms with E-state index in [1.54, 1.807) is 26.0 Å². The average Bonchev–Trinajstić information content (AvgIpc) is 2.81. The molecule has 22 heavy (non-hydrogen) atoms. The zero-order chi connectivity index (χ0) is 15.9. The minimum Gasteiger partial charge on any atom is -0.390 e. The molecule has 3 rings (SSSR count). The Morgan fingerprint density at radius 2 is 2.18 bits per heavy atom. The van der Waals surface area contributed by atoms with E-state index in [1.165, 1.54) is 6.07 Å². The van der Waals surface area contributed by atoms with Gasteiger partial charge in [-0.2, -0.15) is 0 Å². The van der Waals surface area contributed by atoms with Gasteiger partial charge in [0.25, 0.3) is 5.69 Å². The molecule has 1 atom stereocenters. The van der Waals surface area contributed by atoms with Crippen molar-refractivity contribution in [3.05, 3.63) is 62.8 Å². The maximum absolute atomic E-state index is 11.2. The molecule has 1 N–H and O–H groups in total. The normalized spacial score (nSPS) is 19.3. The summed E-state index contributed by atoms with van der Waals surface area (Å²) >= 11 is 0. The fourth-order valence-electron chi connectivity index (χ4n) is 2.84. The largest absolute Gasteiger partial charge is 0.390 e. The number of hydrogen-bond donors (Lipinski definition) is 1. The molecule has 0 fully saturated rings. The van der Waals surface area contributed by atoms with Gasteiger partial charge < -0.3 is 5.11 Å². The quantitative estimate of drug-likeness (QED) is 0.682. The van der Waals surface area contributed by atoms with Gasteiger partial charge in [0.05, 0.1) is 26.8 Å². The Balaban J connectivity index is 1.98. The van der Waals surface area contributed by atoms with E-state index in [0.29, 0.717) is 17.0 Å². The van der Waals surface area contributed by atoms with Crippen LogP contribution in [0.3, 0.4) is 0 Å². The smallest absolute Gasteiger partial charge is 0.279 e. The number of rotatable bonds is 4. The van der Waals surface area contributed by atoms with Crippen LogP contribution in [-0.4, -0.2) is 15.6 Å². The van der Waals surface area contributed by atoms with E-state index < -0.39 is 5.60 Å². The molecular weight excluding hydrogens is 280 g/mol. The Labute approximate surface area is 128 Å². The van der Waals surface area contributed by atoms with Crippen LogP contribution in [0.25, 0.3) is 5.57 Å². The lowest BCUT2D eigenvalue weighted by Gasteiger charge is -2.20. The minimum atomic E-state index is -0.690. The monoisotopic (exact) mass is 298 g/mol. The summed E-state index contributed by atoms with van der Waals surface area (Å²) in [6.45, 7) is 3.59. The number of aliphatic hydroxyl groups is 1. The van der Waals surface area contributed by atoms with E-state index in [2.05, 4.69) is 4.99 Å². The first-order valence-corrected chi connectivity index (χ1v) is 7.34. The van der Waals surface area contributed by atoms with E-state index in [0.717, 1.165) is 17.7 Å². The molecule has 1 unspecified atom stereocenters. The van der Waals surface area contributed by atoms with E-state index in [4.69, 9.17) is 0 Å². The third-order valence-electron chi connectivity index (χ3n) is 3.97. The fraction of sp³-hybridized carbons (Fsp3) is 0.353.